The molecule has 0 aliphatic carbocycles. The monoisotopic (exact) mass is 549 g/mol. The number of benzene rings is 1. The highest BCUT2D eigenvalue weighted by Gasteiger charge is 2.35. The van der Waals surface area contributed by atoms with Gasteiger partial charge in [-0.1, -0.05) is 22.0 Å². The SMILES string of the molecule is CCOC(=O)C1=C(CN2CCOC(CC(=O)O)C2)NC(n2cccn2)=NC1c1ccc(F)cc1Br. The average molecular weight is 550 g/mol. The zero-order chi connectivity index (χ0) is 24.9. The number of aromatic nitrogens is 2. The van der Waals surface area contributed by atoms with E-state index in [9.17, 15) is 14.0 Å². The van der Waals surface area contributed by atoms with Crippen LogP contribution in [-0.2, 0) is 19.1 Å². The van der Waals surface area contributed by atoms with Crippen molar-refractivity contribution < 1.29 is 28.6 Å². The Kier molecular flexibility index (Phi) is 7.93. The Bertz CT molecular complexity index is 1150. The zero-order valence-corrected chi connectivity index (χ0v) is 20.6. The van der Waals surface area contributed by atoms with Crippen molar-refractivity contribution in [2.24, 2.45) is 4.99 Å². The number of aliphatic imine (C=N–C) groups is 1. The van der Waals surface area contributed by atoms with E-state index in [2.05, 4.69) is 26.3 Å². The summed E-state index contributed by atoms with van der Waals surface area (Å²) in [5.41, 5.74) is 1.42. The van der Waals surface area contributed by atoms with Crippen molar-refractivity contribution in [3.63, 3.8) is 0 Å². The molecule has 4 rings (SSSR count). The van der Waals surface area contributed by atoms with Crippen LogP contribution in [0.15, 0.2) is 57.4 Å². The van der Waals surface area contributed by atoms with Gasteiger partial charge in [0.05, 0.1) is 31.3 Å². The van der Waals surface area contributed by atoms with Crippen LogP contribution in [-0.4, -0.2) is 76.6 Å². The number of morpholine rings is 1. The lowest BCUT2D eigenvalue weighted by atomic mass is 9.95. The third-order valence-electron chi connectivity index (χ3n) is 5.59. The molecule has 12 heteroatoms. The van der Waals surface area contributed by atoms with Gasteiger partial charge in [0.2, 0.25) is 5.96 Å². The van der Waals surface area contributed by atoms with E-state index < -0.39 is 29.9 Å². The molecule has 2 N–H and O–H groups in total. The van der Waals surface area contributed by atoms with E-state index in [0.29, 0.717) is 47.9 Å². The number of carbonyl (C=O) groups excluding carboxylic acids is 1. The fourth-order valence-corrected chi connectivity index (χ4v) is 4.65. The second kappa shape index (κ2) is 11.1. The third kappa shape index (κ3) is 5.95. The number of ether oxygens (including phenoxy) is 2. The maximum absolute atomic E-state index is 13.8. The Hall–Kier alpha value is -3.09. The molecule has 0 saturated carbocycles. The van der Waals surface area contributed by atoms with Gasteiger partial charge >= 0.3 is 11.9 Å². The van der Waals surface area contributed by atoms with E-state index in [0.717, 1.165) is 0 Å². The van der Waals surface area contributed by atoms with Gasteiger partial charge in [-0.15, -0.1) is 0 Å². The Morgan fingerprint density at radius 3 is 2.91 bits per heavy atom. The van der Waals surface area contributed by atoms with Crippen LogP contribution in [0.1, 0.15) is 24.9 Å². The Morgan fingerprint density at radius 2 is 2.23 bits per heavy atom. The first kappa shape index (κ1) is 25.0. The van der Waals surface area contributed by atoms with Crippen molar-refractivity contribution in [2.45, 2.75) is 25.5 Å². The van der Waals surface area contributed by atoms with Crippen molar-refractivity contribution in [3.05, 3.63) is 63.8 Å². The van der Waals surface area contributed by atoms with Crippen LogP contribution in [0.25, 0.3) is 0 Å². The summed E-state index contributed by atoms with van der Waals surface area (Å²) >= 11 is 3.41. The van der Waals surface area contributed by atoms with Gasteiger partial charge in [-0.2, -0.15) is 5.10 Å². The van der Waals surface area contributed by atoms with Crippen molar-refractivity contribution >= 4 is 33.8 Å². The van der Waals surface area contributed by atoms with Gasteiger partial charge < -0.3 is 19.9 Å². The molecule has 35 heavy (non-hydrogen) atoms. The fraction of sp³-hybridized carbons (Fsp3) is 0.391. The maximum Gasteiger partial charge on any atom is 0.338 e. The zero-order valence-electron chi connectivity index (χ0n) is 19.0. The van der Waals surface area contributed by atoms with E-state index >= 15 is 0 Å². The molecule has 0 spiro atoms. The number of nitrogens with one attached hydrogen (secondary N) is 1. The van der Waals surface area contributed by atoms with E-state index in [1.165, 1.54) is 12.1 Å². The largest absolute Gasteiger partial charge is 0.481 e. The van der Waals surface area contributed by atoms with Crippen molar-refractivity contribution in [2.75, 3.05) is 32.8 Å². The van der Waals surface area contributed by atoms with E-state index in [1.807, 2.05) is 4.90 Å². The normalized spacial score (nSPS) is 20.8. The first-order chi connectivity index (χ1) is 16.9. The fourth-order valence-electron chi connectivity index (χ4n) is 4.08. The Morgan fingerprint density at radius 1 is 1.40 bits per heavy atom. The lowest BCUT2D eigenvalue weighted by molar-refractivity contribution is -0.142. The summed E-state index contributed by atoms with van der Waals surface area (Å²) in [6.45, 7) is 3.48. The molecule has 1 aromatic carbocycles. The standard InChI is InChI=1S/C23H25BrFN5O5/c1-2-34-22(33)20-18(13-29-8-9-35-15(12-29)11-19(31)32)27-23(30-7-3-6-26-30)28-21(20)16-5-4-14(25)10-17(16)24/h3-7,10,15,21H,2,8-9,11-13H2,1H3,(H,27,28)(H,31,32). The van der Waals surface area contributed by atoms with Crippen molar-refractivity contribution in [1.82, 2.24) is 20.0 Å². The van der Waals surface area contributed by atoms with Gasteiger partial charge in [0.25, 0.3) is 0 Å². The number of hydrogen-bond acceptors (Lipinski definition) is 8. The number of esters is 1. The number of halogens is 2. The first-order valence-electron chi connectivity index (χ1n) is 11.1. The van der Waals surface area contributed by atoms with E-state index in [1.54, 1.807) is 36.1 Å². The molecule has 186 valence electrons. The highest BCUT2D eigenvalue weighted by atomic mass is 79.9. The molecule has 3 heterocycles. The molecular formula is C23H25BrFN5O5. The van der Waals surface area contributed by atoms with E-state index in [-0.39, 0.29) is 18.6 Å². The highest BCUT2D eigenvalue weighted by molar-refractivity contribution is 9.10. The van der Waals surface area contributed by atoms with Crippen LogP contribution < -0.4 is 5.32 Å². The molecule has 1 aromatic heterocycles. The summed E-state index contributed by atoms with van der Waals surface area (Å²) in [5, 5.41) is 16.6. The molecule has 2 unspecified atom stereocenters. The number of carbonyl (C=O) groups is 2. The number of aliphatic carboxylic acids is 1. The number of carboxylic acid groups (broad SMARTS) is 1. The van der Waals surface area contributed by atoms with Gasteiger partial charge in [0.1, 0.15) is 11.9 Å². The summed E-state index contributed by atoms with van der Waals surface area (Å²) in [4.78, 5) is 31.1. The van der Waals surface area contributed by atoms with Gasteiger partial charge in [0, 0.05) is 42.2 Å². The predicted molar refractivity (Wildman–Crippen MR) is 127 cm³/mol. The summed E-state index contributed by atoms with van der Waals surface area (Å²) in [5.74, 6) is -1.52. The van der Waals surface area contributed by atoms with Gasteiger partial charge in [-0.25, -0.2) is 18.9 Å². The van der Waals surface area contributed by atoms with Crippen molar-refractivity contribution in [3.8, 4) is 0 Å². The number of carboxylic acids is 1. The van der Waals surface area contributed by atoms with Crippen molar-refractivity contribution in [1.29, 1.82) is 0 Å². The maximum atomic E-state index is 13.8. The molecule has 1 saturated heterocycles. The van der Waals surface area contributed by atoms with Crippen LogP contribution in [0, 0.1) is 5.82 Å². The molecule has 0 bridgehead atoms. The first-order valence-corrected chi connectivity index (χ1v) is 11.9. The summed E-state index contributed by atoms with van der Waals surface area (Å²) < 4.78 is 26.8. The second-order valence-corrected chi connectivity index (χ2v) is 8.89. The summed E-state index contributed by atoms with van der Waals surface area (Å²) in [6, 6.07) is 5.16. The molecular weight excluding hydrogens is 525 g/mol. The summed E-state index contributed by atoms with van der Waals surface area (Å²) in [6.07, 6.45) is 2.75. The van der Waals surface area contributed by atoms with E-state index in [4.69, 9.17) is 19.6 Å². The van der Waals surface area contributed by atoms with Crippen LogP contribution in [0.2, 0.25) is 0 Å². The van der Waals surface area contributed by atoms with Crippen LogP contribution in [0.3, 0.4) is 0 Å². The average Bonchev–Trinajstić information content (AvgIpc) is 3.34. The highest BCUT2D eigenvalue weighted by Crippen LogP contribution is 2.36. The molecule has 2 aromatic rings. The quantitative estimate of drug-likeness (QED) is 0.505. The number of hydrogen-bond donors (Lipinski definition) is 2. The number of nitrogens with zero attached hydrogens (tertiary/aromatic N) is 4. The number of rotatable bonds is 7. The lowest BCUT2D eigenvalue weighted by Crippen LogP contribution is -2.47. The molecule has 2 aliphatic rings. The molecule has 0 amide bonds. The van der Waals surface area contributed by atoms with Crippen LogP contribution in [0.5, 0.6) is 0 Å². The molecule has 2 atom stereocenters. The third-order valence-corrected chi connectivity index (χ3v) is 6.28. The molecule has 10 nitrogen and oxygen atoms in total. The smallest absolute Gasteiger partial charge is 0.338 e. The van der Waals surface area contributed by atoms with Gasteiger partial charge in [-0.3, -0.25) is 9.69 Å². The molecule has 0 radical (unpaired) electrons. The Labute approximate surface area is 209 Å². The van der Waals surface area contributed by atoms with Crippen LogP contribution >= 0.6 is 15.9 Å². The van der Waals surface area contributed by atoms with Gasteiger partial charge in [0.15, 0.2) is 0 Å². The van der Waals surface area contributed by atoms with Gasteiger partial charge in [-0.05, 0) is 30.7 Å². The minimum Gasteiger partial charge on any atom is -0.481 e. The minimum absolute atomic E-state index is 0.112. The minimum atomic E-state index is -0.937. The predicted octanol–water partition coefficient (Wildman–Crippen LogP) is 2.33. The summed E-state index contributed by atoms with van der Waals surface area (Å²) in [7, 11) is 0. The van der Waals surface area contributed by atoms with Crippen LogP contribution in [0.4, 0.5) is 4.39 Å². The molecule has 1 fully saturated rings. The topological polar surface area (TPSA) is 118 Å². The lowest BCUT2D eigenvalue weighted by Gasteiger charge is -2.35. The second-order valence-electron chi connectivity index (χ2n) is 8.04. The molecule has 2 aliphatic heterocycles. The Balaban J connectivity index is 1.75.